The van der Waals surface area contributed by atoms with Crippen molar-refractivity contribution in [1.29, 1.82) is 0 Å². The van der Waals surface area contributed by atoms with E-state index >= 15 is 0 Å². The van der Waals surface area contributed by atoms with Gasteiger partial charge in [-0.3, -0.25) is 4.79 Å². The van der Waals surface area contributed by atoms with Crippen molar-refractivity contribution in [3.05, 3.63) is 53.6 Å². The number of rotatable bonds is 5. The molecule has 0 unspecified atom stereocenters. The Kier molecular flexibility index (Phi) is 5.74. The normalized spacial score (nSPS) is 19.2. The van der Waals surface area contributed by atoms with Crippen molar-refractivity contribution >= 4 is 11.6 Å². The summed E-state index contributed by atoms with van der Waals surface area (Å²) in [5, 5.41) is 4.31. The van der Waals surface area contributed by atoms with E-state index in [9.17, 15) is 4.79 Å². The van der Waals surface area contributed by atoms with Gasteiger partial charge in [0.15, 0.2) is 0 Å². The average molecular weight is 312 g/mol. The quantitative estimate of drug-likeness (QED) is 0.666. The number of hydrogen-bond donors (Lipinski definition) is 1. The van der Waals surface area contributed by atoms with Crippen molar-refractivity contribution in [3.63, 3.8) is 0 Å². The molecule has 1 aromatic rings. The SMILES string of the molecule is C=C(C)[C@@H]1CC=C(C)/C(=N\NC(=O)Cc2ccc(OC)cc2)C1. The highest BCUT2D eigenvalue weighted by atomic mass is 16.5. The molecule has 0 radical (unpaired) electrons. The molecule has 23 heavy (non-hydrogen) atoms. The first kappa shape index (κ1) is 17.0. The van der Waals surface area contributed by atoms with Gasteiger partial charge in [-0.1, -0.05) is 30.4 Å². The maximum Gasteiger partial charge on any atom is 0.244 e. The van der Waals surface area contributed by atoms with E-state index in [-0.39, 0.29) is 5.91 Å². The predicted molar refractivity (Wildman–Crippen MR) is 93.6 cm³/mol. The molecular weight excluding hydrogens is 288 g/mol. The summed E-state index contributed by atoms with van der Waals surface area (Å²) >= 11 is 0. The third-order valence-corrected chi connectivity index (χ3v) is 4.14. The Morgan fingerprint density at radius 2 is 2.09 bits per heavy atom. The number of hydrazone groups is 1. The van der Waals surface area contributed by atoms with Gasteiger partial charge in [-0.2, -0.15) is 5.10 Å². The van der Waals surface area contributed by atoms with Crippen LogP contribution in [-0.4, -0.2) is 18.7 Å². The van der Waals surface area contributed by atoms with Gasteiger partial charge in [0, 0.05) is 0 Å². The third kappa shape index (κ3) is 4.81. The highest BCUT2D eigenvalue weighted by Crippen LogP contribution is 2.26. The zero-order valence-electron chi connectivity index (χ0n) is 14.1. The molecule has 2 rings (SSSR count). The fourth-order valence-corrected chi connectivity index (χ4v) is 2.52. The molecule has 0 saturated heterocycles. The van der Waals surface area contributed by atoms with Crippen molar-refractivity contribution in [2.75, 3.05) is 7.11 Å². The minimum absolute atomic E-state index is 0.118. The molecule has 4 heteroatoms. The molecule has 1 aliphatic carbocycles. The molecular formula is C19H24N2O2. The molecule has 0 bridgehead atoms. The van der Waals surface area contributed by atoms with Crippen LogP contribution >= 0.6 is 0 Å². The molecule has 1 atom stereocenters. The highest BCUT2D eigenvalue weighted by Gasteiger charge is 2.18. The van der Waals surface area contributed by atoms with Crippen LogP contribution in [0.4, 0.5) is 0 Å². The van der Waals surface area contributed by atoms with E-state index in [1.165, 1.54) is 0 Å². The van der Waals surface area contributed by atoms with Gasteiger partial charge in [0.2, 0.25) is 5.91 Å². The second-order valence-electron chi connectivity index (χ2n) is 5.99. The minimum Gasteiger partial charge on any atom is -0.497 e. The first-order valence-corrected chi connectivity index (χ1v) is 7.80. The molecule has 1 N–H and O–H groups in total. The lowest BCUT2D eigenvalue weighted by atomic mass is 9.85. The highest BCUT2D eigenvalue weighted by molar-refractivity contribution is 6.01. The zero-order chi connectivity index (χ0) is 16.8. The molecule has 0 fully saturated rings. The first-order chi connectivity index (χ1) is 11.0. The molecule has 1 amide bonds. The van der Waals surface area contributed by atoms with E-state index in [4.69, 9.17) is 4.74 Å². The summed E-state index contributed by atoms with van der Waals surface area (Å²) in [4.78, 5) is 12.0. The number of amides is 1. The monoisotopic (exact) mass is 312 g/mol. The van der Waals surface area contributed by atoms with E-state index in [1.54, 1.807) is 7.11 Å². The predicted octanol–water partition coefficient (Wildman–Crippen LogP) is 3.64. The fraction of sp³-hybridized carbons (Fsp3) is 0.368. The van der Waals surface area contributed by atoms with Crippen molar-refractivity contribution in [2.45, 2.75) is 33.1 Å². The van der Waals surface area contributed by atoms with Gasteiger partial charge in [-0.05, 0) is 55.9 Å². The number of allylic oxidation sites excluding steroid dienone is 3. The lowest BCUT2D eigenvalue weighted by Crippen LogP contribution is -2.24. The number of hydrogen-bond acceptors (Lipinski definition) is 3. The summed E-state index contributed by atoms with van der Waals surface area (Å²) in [6.07, 6.45) is 4.30. The molecule has 0 spiro atoms. The van der Waals surface area contributed by atoms with Crippen LogP contribution in [0.5, 0.6) is 5.75 Å². The number of carbonyl (C=O) groups is 1. The summed E-state index contributed by atoms with van der Waals surface area (Å²) in [6.45, 7) is 8.09. The van der Waals surface area contributed by atoms with E-state index < -0.39 is 0 Å². The second kappa shape index (κ2) is 7.77. The minimum atomic E-state index is -0.118. The van der Waals surface area contributed by atoms with Crippen molar-refractivity contribution in [3.8, 4) is 5.75 Å². The van der Waals surface area contributed by atoms with Crippen molar-refractivity contribution in [2.24, 2.45) is 11.0 Å². The zero-order valence-corrected chi connectivity index (χ0v) is 14.1. The van der Waals surface area contributed by atoms with Gasteiger partial charge in [0.25, 0.3) is 0 Å². The summed E-state index contributed by atoms with van der Waals surface area (Å²) in [5.74, 6) is 1.08. The summed E-state index contributed by atoms with van der Waals surface area (Å²) in [5.41, 5.74) is 6.82. The number of carbonyl (C=O) groups excluding carboxylic acids is 1. The largest absolute Gasteiger partial charge is 0.497 e. The Morgan fingerprint density at radius 1 is 1.39 bits per heavy atom. The maximum atomic E-state index is 12.0. The van der Waals surface area contributed by atoms with E-state index in [0.29, 0.717) is 12.3 Å². The van der Waals surface area contributed by atoms with Gasteiger partial charge < -0.3 is 4.74 Å². The van der Waals surface area contributed by atoms with Crippen LogP contribution in [0.1, 0.15) is 32.3 Å². The van der Waals surface area contributed by atoms with Crippen molar-refractivity contribution < 1.29 is 9.53 Å². The third-order valence-electron chi connectivity index (χ3n) is 4.14. The summed E-state index contributed by atoms with van der Waals surface area (Å²) < 4.78 is 5.11. The first-order valence-electron chi connectivity index (χ1n) is 7.80. The number of nitrogens with one attached hydrogen (secondary N) is 1. The molecule has 0 aromatic heterocycles. The second-order valence-corrected chi connectivity index (χ2v) is 5.99. The fourth-order valence-electron chi connectivity index (χ4n) is 2.52. The molecule has 0 saturated carbocycles. The van der Waals surface area contributed by atoms with E-state index in [2.05, 4.69) is 23.2 Å². The van der Waals surface area contributed by atoms with Gasteiger partial charge in [0.05, 0.1) is 19.2 Å². The molecule has 1 aliphatic rings. The summed E-state index contributed by atoms with van der Waals surface area (Å²) in [7, 11) is 1.62. The van der Waals surface area contributed by atoms with E-state index in [1.807, 2.05) is 38.1 Å². The van der Waals surface area contributed by atoms with Crippen LogP contribution in [-0.2, 0) is 11.2 Å². The number of benzene rings is 1. The summed E-state index contributed by atoms with van der Waals surface area (Å²) in [6, 6.07) is 7.46. The molecule has 0 heterocycles. The lowest BCUT2D eigenvalue weighted by molar-refractivity contribution is -0.120. The Bertz CT molecular complexity index is 642. The molecule has 4 nitrogen and oxygen atoms in total. The molecule has 0 aliphatic heterocycles. The van der Waals surface area contributed by atoms with Crippen LogP contribution in [0.25, 0.3) is 0 Å². The Labute approximate surface area is 137 Å². The maximum absolute atomic E-state index is 12.0. The topological polar surface area (TPSA) is 50.7 Å². The van der Waals surface area contributed by atoms with Crippen LogP contribution in [0.15, 0.2) is 53.2 Å². The molecule has 122 valence electrons. The van der Waals surface area contributed by atoms with Crippen LogP contribution in [0.3, 0.4) is 0 Å². The van der Waals surface area contributed by atoms with Gasteiger partial charge in [-0.15, -0.1) is 0 Å². The van der Waals surface area contributed by atoms with Gasteiger partial charge in [-0.25, -0.2) is 5.43 Å². The number of ether oxygens (including phenoxy) is 1. The number of methoxy groups -OCH3 is 1. The Hall–Kier alpha value is -2.36. The Balaban J connectivity index is 1.95. The van der Waals surface area contributed by atoms with Crippen LogP contribution in [0.2, 0.25) is 0 Å². The van der Waals surface area contributed by atoms with E-state index in [0.717, 1.165) is 41.0 Å². The molecule has 1 aromatic carbocycles. The van der Waals surface area contributed by atoms with Crippen LogP contribution in [0, 0.1) is 5.92 Å². The smallest absolute Gasteiger partial charge is 0.244 e. The average Bonchev–Trinajstić information content (AvgIpc) is 2.54. The lowest BCUT2D eigenvalue weighted by Gasteiger charge is -2.22. The van der Waals surface area contributed by atoms with Gasteiger partial charge >= 0.3 is 0 Å². The standard InChI is InChI=1S/C19H24N2O2/c1-13(2)16-8-5-14(3)18(12-16)20-21-19(22)11-15-6-9-17(23-4)10-7-15/h5-7,9-10,16H,1,8,11-12H2,2-4H3,(H,21,22)/b20-18-/t16-/m1/s1. The van der Waals surface area contributed by atoms with Crippen LogP contribution < -0.4 is 10.2 Å². The number of nitrogens with zero attached hydrogens (tertiary/aromatic N) is 1. The van der Waals surface area contributed by atoms with Crippen molar-refractivity contribution in [1.82, 2.24) is 5.43 Å². The Morgan fingerprint density at radius 3 is 2.70 bits per heavy atom. The van der Waals surface area contributed by atoms with Gasteiger partial charge in [0.1, 0.15) is 5.75 Å².